The molecule has 2 atom stereocenters. The third kappa shape index (κ3) is 4.97. The highest BCUT2D eigenvalue weighted by molar-refractivity contribution is 9.10. The fourth-order valence-electron chi connectivity index (χ4n) is 2.77. The molecule has 1 aromatic carbocycles. The summed E-state index contributed by atoms with van der Waals surface area (Å²) in [5, 5.41) is 13.7. The number of aliphatic hydroxyl groups excluding tert-OH is 1. The van der Waals surface area contributed by atoms with E-state index < -0.39 is 0 Å². The normalized spacial score (nSPS) is 22.8. The zero-order valence-corrected chi connectivity index (χ0v) is 14.4. The van der Waals surface area contributed by atoms with Crippen molar-refractivity contribution in [3.05, 3.63) is 28.2 Å². The molecule has 2 rings (SSSR count). The number of hydrogen-bond donors (Lipinski definition) is 2. The Morgan fingerprint density at radius 1 is 1.29 bits per heavy atom. The summed E-state index contributed by atoms with van der Waals surface area (Å²) in [6.07, 6.45) is 5.89. The number of aliphatic hydroxyl groups is 1. The lowest BCUT2D eigenvalue weighted by Gasteiger charge is -2.24. The number of hydrogen-bond acceptors (Lipinski definition) is 3. The second-order valence-corrected chi connectivity index (χ2v) is 6.62. The standard InChI is InChI=1S/C17H26BrNO2/c1-2-11-19-12-13-7-6-8-14(18)17(13)21-16-10-5-3-4-9-15(16)20/h6-8,15-16,19-20H,2-5,9-12H2,1H3. The van der Waals surface area contributed by atoms with Gasteiger partial charge in [0.25, 0.3) is 0 Å². The smallest absolute Gasteiger partial charge is 0.138 e. The lowest BCUT2D eigenvalue weighted by Crippen LogP contribution is -2.31. The van der Waals surface area contributed by atoms with E-state index >= 15 is 0 Å². The molecule has 1 aliphatic rings. The number of rotatable bonds is 6. The van der Waals surface area contributed by atoms with Gasteiger partial charge in [-0.1, -0.05) is 31.9 Å². The molecule has 0 amide bonds. The van der Waals surface area contributed by atoms with Gasteiger partial charge >= 0.3 is 0 Å². The van der Waals surface area contributed by atoms with Gasteiger partial charge in [-0.05, 0) is 54.2 Å². The topological polar surface area (TPSA) is 41.5 Å². The molecule has 0 radical (unpaired) electrons. The molecule has 2 unspecified atom stereocenters. The van der Waals surface area contributed by atoms with E-state index in [0.717, 1.165) is 61.0 Å². The van der Waals surface area contributed by atoms with Crippen LogP contribution in [0.1, 0.15) is 51.0 Å². The van der Waals surface area contributed by atoms with Crippen molar-refractivity contribution in [2.75, 3.05) is 6.54 Å². The predicted molar refractivity (Wildman–Crippen MR) is 89.6 cm³/mol. The van der Waals surface area contributed by atoms with Gasteiger partial charge in [0.05, 0.1) is 10.6 Å². The minimum atomic E-state index is -0.351. The van der Waals surface area contributed by atoms with Crippen molar-refractivity contribution >= 4 is 15.9 Å². The van der Waals surface area contributed by atoms with Crippen LogP contribution in [0, 0.1) is 0 Å². The molecule has 0 spiro atoms. The van der Waals surface area contributed by atoms with E-state index in [1.807, 2.05) is 12.1 Å². The lowest BCUT2D eigenvalue weighted by atomic mass is 10.1. The van der Waals surface area contributed by atoms with Gasteiger partial charge < -0.3 is 15.2 Å². The summed E-state index contributed by atoms with van der Waals surface area (Å²) in [5.41, 5.74) is 1.15. The van der Waals surface area contributed by atoms with Gasteiger partial charge in [-0.3, -0.25) is 0 Å². The molecule has 1 aliphatic carbocycles. The summed E-state index contributed by atoms with van der Waals surface area (Å²) < 4.78 is 7.17. The van der Waals surface area contributed by atoms with Crippen molar-refractivity contribution in [1.29, 1.82) is 0 Å². The van der Waals surface area contributed by atoms with E-state index in [-0.39, 0.29) is 12.2 Å². The van der Waals surface area contributed by atoms with Crippen molar-refractivity contribution in [2.24, 2.45) is 0 Å². The number of para-hydroxylation sites is 1. The number of nitrogens with one attached hydrogen (secondary N) is 1. The molecular weight excluding hydrogens is 330 g/mol. The molecule has 0 bridgehead atoms. The van der Waals surface area contributed by atoms with Crippen molar-refractivity contribution in [2.45, 2.75) is 64.2 Å². The van der Waals surface area contributed by atoms with Gasteiger partial charge in [-0.15, -0.1) is 0 Å². The molecule has 0 heterocycles. The SMILES string of the molecule is CCCNCc1cccc(Br)c1OC1CCCCCC1O. The quantitative estimate of drug-likeness (QED) is 0.598. The molecule has 3 nitrogen and oxygen atoms in total. The summed E-state index contributed by atoms with van der Waals surface area (Å²) >= 11 is 3.59. The van der Waals surface area contributed by atoms with Crippen LogP contribution in [0.5, 0.6) is 5.75 Å². The number of benzene rings is 1. The Hall–Kier alpha value is -0.580. The van der Waals surface area contributed by atoms with Crippen molar-refractivity contribution in [3.8, 4) is 5.75 Å². The maximum Gasteiger partial charge on any atom is 0.138 e. The first-order valence-corrected chi connectivity index (χ1v) is 8.84. The van der Waals surface area contributed by atoms with Crippen LogP contribution in [0.3, 0.4) is 0 Å². The Balaban J connectivity index is 2.09. The molecule has 0 saturated heterocycles. The van der Waals surface area contributed by atoms with Crippen molar-refractivity contribution in [1.82, 2.24) is 5.32 Å². The van der Waals surface area contributed by atoms with Gasteiger partial charge in [-0.25, -0.2) is 0 Å². The van der Waals surface area contributed by atoms with Gasteiger partial charge in [0.15, 0.2) is 0 Å². The Labute approximate surface area is 136 Å². The number of halogens is 1. The monoisotopic (exact) mass is 355 g/mol. The third-order valence-electron chi connectivity index (χ3n) is 3.98. The van der Waals surface area contributed by atoms with Gasteiger partial charge in [0, 0.05) is 12.1 Å². The maximum atomic E-state index is 10.3. The fraction of sp³-hybridized carbons (Fsp3) is 0.647. The van der Waals surface area contributed by atoms with Crippen LogP contribution in [0.25, 0.3) is 0 Å². The highest BCUT2D eigenvalue weighted by Crippen LogP contribution is 2.32. The van der Waals surface area contributed by atoms with E-state index in [4.69, 9.17) is 4.74 Å². The highest BCUT2D eigenvalue weighted by Gasteiger charge is 2.24. The third-order valence-corrected chi connectivity index (χ3v) is 4.60. The molecule has 1 aromatic rings. The van der Waals surface area contributed by atoms with E-state index in [9.17, 15) is 5.11 Å². The summed E-state index contributed by atoms with van der Waals surface area (Å²) in [6.45, 7) is 3.96. The van der Waals surface area contributed by atoms with Crippen LogP contribution in [0.4, 0.5) is 0 Å². The Kier molecular flexibility index (Phi) is 7.00. The van der Waals surface area contributed by atoms with Gasteiger partial charge in [0.2, 0.25) is 0 Å². The van der Waals surface area contributed by atoms with Crippen LogP contribution in [0.15, 0.2) is 22.7 Å². The predicted octanol–water partition coefficient (Wildman–Crippen LogP) is 4.02. The molecular formula is C17H26BrNO2. The van der Waals surface area contributed by atoms with Crippen LogP contribution < -0.4 is 10.1 Å². The molecule has 118 valence electrons. The Morgan fingerprint density at radius 2 is 2.10 bits per heavy atom. The van der Waals surface area contributed by atoms with E-state index in [2.05, 4.69) is 34.2 Å². The minimum absolute atomic E-state index is 0.0869. The first kappa shape index (κ1) is 16.8. The van der Waals surface area contributed by atoms with Crippen LogP contribution in [-0.4, -0.2) is 23.9 Å². The second kappa shape index (κ2) is 8.76. The molecule has 21 heavy (non-hydrogen) atoms. The molecule has 4 heteroatoms. The fourth-order valence-corrected chi connectivity index (χ4v) is 3.27. The Morgan fingerprint density at radius 3 is 2.90 bits per heavy atom. The maximum absolute atomic E-state index is 10.3. The lowest BCUT2D eigenvalue weighted by molar-refractivity contribution is 0.0309. The second-order valence-electron chi connectivity index (χ2n) is 5.77. The zero-order chi connectivity index (χ0) is 15.1. The Bertz CT molecular complexity index is 439. The van der Waals surface area contributed by atoms with Crippen molar-refractivity contribution < 1.29 is 9.84 Å². The van der Waals surface area contributed by atoms with E-state index in [1.165, 1.54) is 6.42 Å². The van der Waals surface area contributed by atoms with Crippen LogP contribution in [0.2, 0.25) is 0 Å². The largest absolute Gasteiger partial charge is 0.486 e. The summed E-state index contributed by atoms with van der Waals surface area (Å²) in [6, 6.07) is 6.12. The average molecular weight is 356 g/mol. The zero-order valence-electron chi connectivity index (χ0n) is 12.8. The van der Waals surface area contributed by atoms with Gasteiger partial charge in [0.1, 0.15) is 11.9 Å². The first-order valence-electron chi connectivity index (χ1n) is 8.05. The average Bonchev–Trinajstić information content (AvgIpc) is 2.67. The van der Waals surface area contributed by atoms with Crippen LogP contribution >= 0.6 is 15.9 Å². The summed E-state index contributed by atoms with van der Waals surface area (Å²) in [5.74, 6) is 0.882. The molecule has 1 saturated carbocycles. The number of ether oxygens (including phenoxy) is 1. The highest BCUT2D eigenvalue weighted by atomic mass is 79.9. The molecule has 0 aromatic heterocycles. The van der Waals surface area contributed by atoms with E-state index in [1.54, 1.807) is 0 Å². The van der Waals surface area contributed by atoms with E-state index in [0.29, 0.717) is 0 Å². The van der Waals surface area contributed by atoms with Crippen LogP contribution in [-0.2, 0) is 6.54 Å². The molecule has 2 N–H and O–H groups in total. The first-order chi connectivity index (χ1) is 10.2. The summed E-state index contributed by atoms with van der Waals surface area (Å²) in [4.78, 5) is 0. The minimum Gasteiger partial charge on any atom is -0.486 e. The molecule has 1 fully saturated rings. The molecule has 0 aliphatic heterocycles. The summed E-state index contributed by atoms with van der Waals surface area (Å²) in [7, 11) is 0. The van der Waals surface area contributed by atoms with Crippen molar-refractivity contribution in [3.63, 3.8) is 0 Å². The van der Waals surface area contributed by atoms with Gasteiger partial charge in [-0.2, -0.15) is 0 Å².